The van der Waals surface area contributed by atoms with Gasteiger partial charge in [-0.2, -0.15) is 23.5 Å². The van der Waals surface area contributed by atoms with Gasteiger partial charge < -0.3 is 15.8 Å². The Morgan fingerprint density at radius 3 is 3.05 bits per heavy atom. The van der Waals surface area contributed by atoms with Gasteiger partial charge in [0.1, 0.15) is 5.75 Å². The lowest BCUT2D eigenvalue weighted by atomic mass is 10.2. The third kappa shape index (κ3) is 4.73. The fourth-order valence-corrected chi connectivity index (χ4v) is 4.48. The summed E-state index contributed by atoms with van der Waals surface area (Å²) in [7, 11) is 0. The Kier molecular flexibility index (Phi) is 6.04. The smallest absolute Gasteiger partial charge is 0.144 e. The van der Waals surface area contributed by atoms with Gasteiger partial charge in [0.15, 0.2) is 0 Å². The second kappa shape index (κ2) is 7.80. The predicted molar refractivity (Wildman–Crippen MR) is 88.7 cm³/mol. The first kappa shape index (κ1) is 14.7. The van der Waals surface area contributed by atoms with Gasteiger partial charge in [-0.15, -0.1) is 0 Å². The molecule has 0 amide bonds. The van der Waals surface area contributed by atoms with E-state index in [-0.39, 0.29) is 0 Å². The van der Waals surface area contributed by atoms with E-state index in [0.717, 1.165) is 24.4 Å². The molecule has 3 N–H and O–H groups in total. The molecule has 2 rings (SSSR count). The van der Waals surface area contributed by atoms with E-state index in [9.17, 15) is 0 Å². The van der Waals surface area contributed by atoms with Crippen LogP contribution in [-0.4, -0.2) is 35.7 Å². The van der Waals surface area contributed by atoms with Crippen molar-refractivity contribution in [2.75, 3.05) is 41.5 Å². The zero-order valence-electron chi connectivity index (χ0n) is 11.4. The van der Waals surface area contributed by atoms with E-state index in [1.165, 1.54) is 17.3 Å². The maximum atomic E-state index is 5.91. The molecule has 0 radical (unpaired) electrons. The summed E-state index contributed by atoms with van der Waals surface area (Å²) >= 11 is 4.11. The number of ether oxygens (including phenoxy) is 1. The Morgan fingerprint density at radius 2 is 2.32 bits per heavy atom. The van der Waals surface area contributed by atoms with Crippen LogP contribution >= 0.6 is 23.5 Å². The highest BCUT2D eigenvalue weighted by molar-refractivity contribution is 8.06. The molecule has 5 heteroatoms. The van der Waals surface area contributed by atoms with Crippen molar-refractivity contribution in [2.24, 2.45) is 0 Å². The Hall–Kier alpha value is -0.680. The van der Waals surface area contributed by atoms with Crippen LogP contribution in [0.15, 0.2) is 18.2 Å². The number of nitrogen functional groups attached to an aromatic ring is 1. The molecule has 0 aromatic heterocycles. The zero-order chi connectivity index (χ0) is 13.5. The van der Waals surface area contributed by atoms with Gasteiger partial charge in [-0.05, 0) is 18.6 Å². The Bertz CT molecular complexity index is 395. The van der Waals surface area contributed by atoms with Crippen LogP contribution in [0.1, 0.15) is 13.3 Å². The molecule has 106 valence electrons. The molecule has 1 atom stereocenters. The fraction of sp³-hybridized carbons (Fsp3) is 0.571. The van der Waals surface area contributed by atoms with E-state index in [0.29, 0.717) is 17.5 Å². The number of rotatable bonds is 6. The number of nitrogens with two attached hydrogens (primary N) is 1. The topological polar surface area (TPSA) is 47.3 Å². The number of thioether (sulfide) groups is 2. The van der Waals surface area contributed by atoms with Crippen LogP contribution in [-0.2, 0) is 0 Å². The van der Waals surface area contributed by atoms with Gasteiger partial charge in [0.05, 0.1) is 12.3 Å². The highest BCUT2D eigenvalue weighted by atomic mass is 32.2. The lowest BCUT2D eigenvalue weighted by molar-refractivity contribution is 0.319. The second-order valence-electron chi connectivity index (χ2n) is 4.55. The minimum Gasteiger partial charge on any atom is -0.491 e. The molecule has 19 heavy (non-hydrogen) atoms. The van der Waals surface area contributed by atoms with Crippen LogP contribution < -0.4 is 15.8 Å². The predicted octanol–water partition coefficient (Wildman–Crippen LogP) is 3.32. The Balaban J connectivity index is 1.88. The maximum absolute atomic E-state index is 5.91. The number of anilines is 2. The van der Waals surface area contributed by atoms with Crippen molar-refractivity contribution in [1.29, 1.82) is 0 Å². The highest BCUT2D eigenvalue weighted by Gasteiger charge is 2.14. The molecule has 1 fully saturated rings. The quantitative estimate of drug-likeness (QED) is 0.789. The van der Waals surface area contributed by atoms with E-state index in [1.807, 2.05) is 30.0 Å². The molecule has 1 aliphatic rings. The summed E-state index contributed by atoms with van der Waals surface area (Å²) in [5, 5.41) is 4.19. The monoisotopic (exact) mass is 298 g/mol. The molecule has 1 aromatic carbocycles. The molecule has 0 saturated carbocycles. The lowest BCUT2D eigenvalue weighted by Gasteiger charge is -2.22. The first-order valence-electron chi connectivity index (χ1n) is 6.75. The molecule has 0 aliphatic carbocycles. The van der Waals surface area contributed by atoms with Gasteiger partial charge in [0.2, 0.25) is 0 Å². The zero-order valence-corrected chi connectivity index (χ0v) is 13.0. The summed E-state index contributed by atoms with van der Waals surface area (Å²) in [4.78, 5) is 0. The third-order valence-electron chi connectivity index (χ3n) is 2.89. The first-order chi connectivity index (χ1) is 9.29. The van der Waals surface area contributed by atoms with Crippen LogP contribution in [0.4, 0.5) is 11.4 Å². The standard InChI is InChI=1S/C14H22N2OS2/c1-2-5-17-14-8-11(3-4-13(14)15)16-9-12-10-18-6-7-19-12/h3-4,8,12,16H,2,5-7,9-10,15H2,1H3. The summed E-state index contributed by atoms with van der Waals surface area (Å²) in [6.07, 6.45) is 0.993. The Morgan fingerprint density at radius 1 is 1.42 bits per heavy atom. The molecule has 0 bridgehead atoms. The van der Waals surface area contributed by atoms with Gasteiger partial charge in [-0.3, -0.25) is 0 Å². The molecule has 1 aromatic rings. The van der Waals surface area contributed by atoms with Crippen LogP contribution in [0.5, 0.6) is 5.75 Å². The molecule has 1 unspecified atom stereocenters. The number of hydrogen-bond acceptors (Lipinski definition) is 5. The van der Waals surface area contributed by atoms with Gasteiger partial charge in [0.25, 0.3) is 0 Å². The van der Waals surface area contributed by atoms with Crippen LogP contribution in [0.25, 0.3) is 0 Å². The van der Waals surface area contributed by atoms with Crippen molar-refractivity contribution in [1.82, 2.24) is 0 Å². The van der Waals surface area contributed by atoms with E-state index >= 15 is 0 Å². The van der Waals surface area contributed by atoms with E-state index in [1.54, 1.807) is 0 Å². The number of hydrogen-bond donors (Lipinski definition) is 2. The van der Waals surface area contributed by atoms with Crippen LogP contribution in [0, 0.1) is 0 Å². The highest BCUT2D eigenvalue weighted by Crippen LogP contribution is 2.27. The van der Waals surface area contributed by atoms with Gasteiger partial charge >= 0.3 is 0 Å². The van der Waals surface area contributed by atoms with Gasteiger partial charge in [-0.25, -0.2) is 0 Å². The van der Waals surface area contributed by atoms with Gasteiger partial charge in [-0.1, -0.05) is 6.92 Å². The SMILES string of the molecule is CCCOc1cc(NCC2CSCCS2)ccc1N. The van der Waals surface area contributed by atoms with E-state index in [2.05, 4.69) is 24.0 Å². The van der Waals surface area contributed by atoms with E-state index < -0.39 is 0 Å². The summed E-state index contributed by atoms with van der Waals surface area (Å²) in [6.45, 7) is 3.81. The summed E-state index contributed by atoms with van der Waals surface area (Å²) in [5.41, 5.74) is 7.71. The summed E-state index contributed by atoms with van der Waals surface area (Å²) in [6, 6.07) is 5.94. The second-order valence-corrected chi connectivity index (χ2v) is 7.11. The summed E-state index contributed by atoms with van der Waals surface area (Å²) in [5.74, 6) is 4.59. The minimum atomic E-state index is 0.705. The fourth-order valence-electron chi connectivity index (χ4n) is 1.87. The number of benzene rings is 1. The van der Waals surface area contributed by atoms with Crippen molar-refractivity contribution in [3.8, 4) is 5.75 Å². The molecular weight excluding hydrogens is 276 g/mol. The maximum Gasteiger partial charge on any atom is 0.144 e. The average molecular weight is 298 g/mol. The van der Waals surface area contributed by atoms with Crippen LogP contribution in [0.2, 0.25) is 0 Å². The summed E-state index contributed by atoms with van der Waals surface area (Å²) < 4.78 is 5.64. The molecule has 1 saturated heterocycles. The molecular formula is C14H22N2OS2. The third-order valence-corrected chi connectivity index (χ3v) is 5.74. The molecule has 1 heterocycles. The Labute approximate surface area is 124 Å². The largest absolute Gasteiger partial charge is 0.491 e. The molecule has 0 spiro atoms. The first-order valence-corrected chi connectivity index (χ1v) is 8.95. The minimum absolute atomic E-state index is 0.705. The van der Waals surface area contributed by atoms with Crippen molar-refractivity contribution >= 4 is 34.9 Å². The van der Waals surface area contributed by atoms with E-state index in [4.69, 9.17) is 10.5 Å². The van der Waals surface area contributed by atoms with Crippen molar-refractivity contribution in [2.45, 2.75) is 18.6 Å². The normalized spacial score (nSPS) is 19.1. The van der Waals surface area contributed by atoms with Crippen molar-refractivity contribution in [3.05, 3.63) is 18.2 Å². The number of nitrogens with one attached hydrogen (secondary N) is 1. The lowest BCUT2D eigenvalue weighted by Crippen LogP contribution is -2.23. The van der Waals surface area contributed by atoms with Crippen molar-refractivity contribution in [3.63, 3.8) is 0 Å². The van der Waals surface area contributed by atoms with Crippen molar-refractivity contribution < 1.29 is 4.74 Å². The molecule has 1 aliphatic heterocycles. The van der Waals surface area contributed by atoms with Crippen LogP contribution in [0.3, 0.4) is 0 Å². The van der Waals surface area contributed by atoms with Gasteiger partial charge in [0, 0.05) is 40.8 Å². The molecule has 3 nitrogen and oxygen atoms in total. The average Bonchev–Trinajstić information content (AvgIpc) is 2.46.